The molecule has 0 atom stereocenters. The fourth-order valence-corrected chi connectivity index (χ4v) is 1.80. The summed E-state index contributed by atoms with van der Waals surface area (Å²) in [5.74, 6) is 6.29. The van der Waals surface area contributed by atoms with Crippen LogP contribution in [0.2, 0.25) is 0 Å². The molecule has 0 aliphatic heterocycles. The van der Waals surface area contributed by atoms with Gasteiger partial charge < -0.3 is 10.2 Å². The maximum Gasteiger partial charge on any atom is 0.275 e. The number of nitro benzene ring substituents is 1. The van der Waals surface area contributed by atoms with Crippen molar-refractivity contribution in [2.24, 2.45) is 5.84 Å². The van der Waals surface area contributed by atoms with Gasteiger partial charge in [-0.15, -0.1) is 0 Å². The second-order valence-electron chi connectivity index (χ2n) is 4.22. The number of nitro groups is 1. The van der Waals surface area contributed by atoms with Crippen molar-refractivity contribution in [2.75, 3.05) is 5.43 Å². The average Bonchev–Trinajstić information content (AvgIpc) is 2.47. The molecule has 6 heteroatoms. The van der Waals surface area contributed by atoms with E-state index in [2.05, 4.69) is 5.43 Å². The molecule has 0 aromatic heterocycles. The van der Waals surface area contributed by atoms with E-state index in [4.69, 9.17) is 10.6 Å². The molecule has 20 heavy (non-hydrogen) atoms. The van der Waals surface area contributed by atoms with Crippen molar-refractivity contribution in [1.82, 2.24) is 0 Å². The molecule has 0 fully saturated rings. The maximum atomic E-state index is 10.9. The number of hydrogen-bond acceptors (Lipinski definition) is 5. The summed E-state index contributed by atoms with van der Waals surface area (Å²) in [6.07, 6.45) is 0.891. The van der Waals surface area contributed by atoms with Crippen molar-refractivity contribution in [3.8, 4) is 11.5 Å². The van der Waals surface area contributed by atoms with Gasteiger partial charge in [-0.2, -0.15) is 0 Å². The second kappa shape index (κ2) is 6.03. The first-order valence-corrected chi connectivity index (χ1v) is 6.15. The average molecular weight is 273 g/mol. The molecule has 0 heterocycles. The number of nitrogens with two attached hydrogens (primary N) is 1. The molecule has 0 saturated heterocycles. The van der Waals surface area contributed by atoms with E-state index in [0.29, 0.717) is 17.2 Å². The Kier molecular flexibility index (Phi) is 4.17. The van der Waals surface area contributed by atoms with E-state index in [1.165, 1.54) is 12.1 Å². The lowest BCUT2D eigenvalue weighted by Gasteiger charge is -2.08. The van der Waals surface area contributed by atoms with E-state index < -0.39 is 4.92 Å². The lowest BCUT2D eigenvalue weighted by molar-refractivity contribution is -0.384. The quantitative estimate of drug-likeness (QED) is 0.496. The van der Waals surface area contributed by atoms with Crippen LogP contribution in [-0.2, 0) is 6.42 Å². The van der Waals surface area contributed by atoms with Gasteiger partial charge in [-0.3, -0.25) is 16.0 Å². The molecule has 0 radical (unpaired) electrons. The highest BCUT2D eigenvalue weighted by atomic mass is 16.6. The minimum Gasteiger partial charge on any atom is -0.457 e. The van der Waals surface area contributed by atoms with Gasteiger partial charge in [0.25, 0.3) is 5.69 Å². The van der Waals surface area contributed by atoms with Crippen molar-refractivity contribution in [3.63, 3.8) is 0 Å². The Labute approximate surface area is 116 Å². The summed E-state index contributed by atoms with van der Waals surface area (Å²) >= 11 is 0. The number of nitrogens with one attached hydrogen (secondary N) is 1. The molecule has 3 N–H and O–H groups in total. The lowest BCUT2D eigenvalue weighted by Crippen LogP contribution is -2.07. The Morgan fingerprint density at radius 1 is 1.25 bits per heavy atom. The molecule has 2 aromatic rings. The highest BCUT2D eigenvalue weighted by molar-refractivity contribution is 5.56. The van der Waals surface area contributed by atoms with Gasteiger partial charge in [-0.05, 0) is 24.1 Å². The molecule has 0 aliphatic carbocycles. The summed E-state index contributed by atoms with van der Waals surface area (Å²) in [6, 6.07) is 11.9. The number of benzene rings is 2. The monoisotopic (exact) mass is 273 g/mol. The standard InChI is InChI=1S/C14H15N3O3/c1-2-10-4-3-5-13(6-10)20-14-8-11(16-15)7-12(9-14)17(18)19/h3-9,16H,2,15H2,1H3. The predicted octanol–water partition coefficient (Wildman–Crippen LogP) is 3.24. The highest BCUT2D eigenvalue weighted by Gasteiger charge is 2.11. The number of ether oxygens (including phenoxy) is 1. The Hall–Kier alpha value is -2.60. The number of rotatable bonds is 5. The second-order valence-corrected chi connectivity index (χ2v) is 4.22. The van der Waals surface area contributed by atoms with Gasteiger partial charge in [-0.25, -0.2) is 0 Å². The summed E-state index contributed by atoms with van der Waals surface area (Å²) < 4.78 is 5.65. The number of non-ortho nitro benzene ring substituents is 1. The van der Waals surface area contributed by atoms with E-state index >= 15 is 0 Å². The fourth-order valence-electron chi connectivity index (χ4n) is 1.80. The van der Waals surface area contributed by atoms with Crippen molar-refractivity contribution >= 4 is 11.4 Å². The molecule has 0 saturated carbocycles. The molecule has 0 amide bonds. The lowest BCUT2D eigenvalue weighted by atomic mass is 10.2. The van der Waals surface area contributed by atoms with Crippen molar-refractivity contribution < 1.29 is 9.66 Å². The summed E-state index contributed by atoms with van der Waals surface area (Å²) in [7, 11) is 0. The van der Waals surface area contributed by atoms with Gasteiger partial charge in [-0.1, -0.05) is 19.1 Å². The first-order chi connectivity index (χ1) is 9.62. The Bertz CT molecular complexity index is 629. The molecular weight excluding hydrogens is 258 g/mol. The van der Waals surface area contributed by atoms with Crippen LogP contribution in [-0.4, -0.2) is 4.92 Å². The van der Waals surface area contributed by atoms with Gasteiger partial charge >= 0.3 is 0 Å². The summed E-state index contributed by atoms with van der Waals surface area (Å²) in [4.78, 5) is 10.4. The van der Waals surface area contributed by atoms with Crippen LogP contribution in [0.5, 0.6) is 11.5 Å². The molecule has 0 bridgehead atoms. The smallest absolute Gasteiger partial charge is 0.275 e. The van der Waals surface area contributed by atoms with Crippen LogP contribution in [0.25, 0.3) is 0 Å². The first kappa shape index (κ1) is 13.8. The zero-order chi connectivity index (χ0) is 14.5. The van der Waals surface area contributed by atoms with Gasteiger partial charge in [0.2, 0.25) is 0 Å². The fraction of sp³-hybridized carbons (Fsp3) is 0.143. The molecular formula is C14H15N3O3. The third kappa shape index (κ3) is 3.24. The van der Waals surface area contributed by atoms with Crippen LogP contribution < -0.4 is 16.0 Å². The zero-order valence-corrected chi connectivity index (χ0v) is 11.0. The molecule has 104 valence electrons. The third-order valence-corrected chi connectivity index (χ3v) is 2.81. The summed E-state index contributed by atoms with van der Waals surface area (Å²) in [5, 5.41) is 10.9. The van der Waals surface area contributed by atoms with Crippen molar-refractivity contribution in [2.45, 2.75) is 13.3 Å². The summed E-state index contributed by atoms with van der Waals surface area (Å²) in [5.41, 5.74) is 3.85. The van der Waals surface area contributed by atoms with Crippen LogP contribution >= 0.6 is 0 Å². The van der Waals surface area contributed by atoms with Gasteiger partial charge in [0.15, 0.2) is 0 Å². The Morgan fingerprint density at radius 3 is 2.70 bits per heavy atom. The molecule has 6 nitrogen and oxygen atoms in total. The van der Waals surface area contributed by atoms with Gasteiger partial charge in [0, 0.05) is 12.1 Å². The van der Waals surface area contributed by atoms with Crippen LogP contribution in [0.1, 0.15) is 12.5 Å². The van der Waals surface area contributed by atoms with Crippen molar-refractivity contribution in [1.29, 1.82) is 0 Å². The maximum absolute atomic E-state index is 10.9. The molecule has 2 aromatic carbocycles. The Balaban J connectivity index is 2.32. The highest BCUT2D eigenvalue weighted by Crippen LogP contribution is 2.29. The van der Waals surface area contributed by atoms with Crippen LogP contribution in [0.3, 0.4) is 0 Å². The number of hydrogen-bond donors (Lipinski definition) is 2. The molecule has 0 aliphatic rings. The van der Waals surface area contributed by atoms with E-state index in [1.807, 2.05) is 25.1 Å². The molecule has 0 spiro atoms. The normalized spacial score (nSPS) is 10.1. The number of nitrogen functional groups attached to an aromatic ring is 1. The molecule has 2 rings (SSSR count). The number of hydrazine groups is 1. The zero-order valence-electron chi connectivity index (χ0n) is 11.0. The summed E-state index contributed by atoms with van der Waals surface area (Å²) in [6.45, 7) is 2.04. The van der Waals surface area contributed by atoms with E-state index in [1.54, 1.807) is 12.1 Å². The number of aryl methyl sites for hydroxylation is 1. The van der Waals surface area contributed by atoms with Crippen molar-refractivity contribution in [3.05, 3.63) is 58.1 Å². The van der Waals surface area contributed by atoms with Gasteiger partial charge in [0.05, 0.1) is 16.7 Å². The minimum atomic E-state index is -0.490. The first-order valence-electron chi connectivity index (χ1n) is 6.15. The minimum absolute atomic E-state index is 0.0814. The van der Waals surface area contributed by atoms with E-state index in [-0.39, 0.29) is 5.69 Å². The Morgan fingerprint density at radius 2 is 2.05 bits per heavy atom. The van der Waals surface area contributed by atoms with Crippen LogP contribution in [0.4, 0.5) is 11.4 Å². The van der Waals surface area contributed by atoms with Crippen LogP contribution in [0.15, 0.2) is 42.5 Å². The number of nitrogens with zero attached hydrogens (tertiary/aromatic N) is 1. The van der Waals surface area contributed by atoms with E-state index in [0.717, 1.165) is 12.0 Å². The van der Waals surface area contributed by atoms with Crippen LogP contribution in [0, 0.1) is 10.1 Å². The topological polar surface area (TPSA) is 90.4 Å². The van der Waals surface area contributed by atoms with E-state index in [9.17, 15) is 10.1 Å². The SMILES string of the molecule is CCc1cccc(Oc2cc(NN)cc([N+](=O)[O-])c2)c1. The van der Waals surface area contributed by atoms with Gasteiger partial charge in [0.1, 0.15) is 11.5 Å². The largest absolute Gasteiger partial charge is 0.457 e. The number of anilines is 1. The predicted molar refractivity (Wildman–Crippen MR) is 76.8 cm³/mol. The molecule has 0 unspecified atom stereocenters. The third-order valence-electron chi connectivity index (χ3n) is 2.81.